The lowest BCUT2D eigenvalue weighted by atomic mass is 10.1. The number of rotatable bonds is 4. The van der Waals surface area contributed by atoms with Crippen molar-refractivity contribution >= 4 is 22.6 Å². The summed E-state index contributed by atoms with van der Waals surface area (Å²) in [5.41, 5.74) is 4.31. The lowest BCUT2D eigenvalue weighted by Crippen LogP contribution is -2.43. The van der Waals surface area contributed by atoms with Crippen molar-refractivity contribution in [2.75, 3.05) is 0 Å². The molecule has 160 valence electrons. The van der Waals surface area contributed by atoms with Gasteiger partial charge in [-0.1, -0.05) is 48.5 Å². The van der Waals surface area contributed by atoms with Gasteiger partial charge in [0.1, 0.15) is 11.6 Å². The predicted octanol–water partition coefficient (Wildman–Crippen LogP) is 2.80. The van der Waals surface area contributed by atoms with E-state index in [1.807, 2.05) is 30.3 Å². The Balaban J connectivity index is 1.63. The van der Waals surface area contributed by atoms with Crippen molar-refractivity contribution in [3.05, 3.63) is 112 Å². The van der Waals surface area contributed by atoms with Crippen LogP contribution in [0.3, 0.4) is 0 Å². The number of fused-ring (bicyclic) bond motifs is 1. The molecule has 0 fully saturated rings. The fourth-order valence-electron chi connectivity index (χ4n) is 3.20. The van der Waals surface area contributed by atoms with Crippen molar-refractivity contribution in [2.24, 2.45) is 0 Å². The standard InChI is InChI=1S/C23H16F2N4O3/c24-16-10-15(11-17(25)12-16)21(30)26-27-22(31)20-18-8-4-5-9-19(18)23(32)29(28-20)13-14-6-2-1-3-7-14/h1-12H,13H2,(H,26,30)(H,27,31). The highest BCUT2D eigenvalue weighted by atomic mass is 19.1. The number of nitrogens with zero attached hydrogens (tertiary/aromatic N) is 2. The van der Waals surface area contributed by atoms with Crippen LogP contribution in [-0.2, 0) is 6.54 Å². The first-order valence-electron chi connectivity index (χ1n) is 9.53. The number of hydrogen-bond acceptors (Lipinski definition) is 4. The predicted molar refractivity (Wildman–Crippen MR) is 113 cm³/mol. The maximum atomic E-state index is 13.3. The van der Waals surface area contributed by atoms with Gasteiger partial charge in [-0.05, 0) is 23.8 Å². The number of hydrogen-bond donors (Lipinski definition) is 2. The van der Waals surface area contributed by atoms with Crippen LogP contribution in [0.1, 0.15) is 26.4 Å². The summed E-state index contributed by atoms with van der Waals surface area (Å²) < 4.78 is 27.8. The van der Waals surface area contributed by atoms with Crippen molar-refractivity contribution in [1.82, 2.24) is 20.6 Å². The molecule has 9 heteroatoms. The van der Waals surface area contributed by atoms with Crippen molar-refractivity contribution in [3.63, 3.8) is 0 Å². The van der Waals surface area contributed by atoms with Gasteiger partial charge in [0.2, 0.25) is 0 Å². The molecule has 4 rings (SSSR count). The van der Waals surface area contributed by atoms with Gasteiger partial charge in [-0.15, -0.1) is 0 Å². The molecule has 7 nitrogen and oxygen atoms in total. The highest BCUT2D eigenvalue weighted by Gasteiger charge is 2.18. The molecule has 3 aromatic carbocycles. The van der Waals surface area contributed by atoms with Gasteiger partial charge < -0.3 is 0 Å². The minimum Gasteiger partial charge on any atom is -0.267 e. The molecule has 0 radical (unpaired) electrons. The zero-order valence-electron chi connectivity index (χ0n) is 16.5. The maximum absolute atomic E-state index is 13.3. The van der Waals surface area contributed by atoms with Gasteiger partial charge >= 0.3 is 0 Å². The fourth-order valence-corrected chi connectivity index (χ4v) is 3.20. The topological polar surface area (TPSA) is 93.1 Å². The molecule has 0 saturated carbocycles. The molecule has 0 bridgehead atoms. The summed E-state index contributed by atoms with van der Waals surface area (Å²) >= 11 is 0. The summed E-state index contributed by atoms with van der Waals surface area (Å²) in [5.74, 6) is -3.57. The Morgan fingerprint density at radius 3 is 2.09 bits per heavy atom. The molecule has 0 atom stereocenters. The van der Waals surface area contributed by atoms with Crippen LogP contribution in [-0.4, -0.2) is 21.6 Å². The van der Waals surface area contributed by atoms with Crippen LogP contribution in [0.5, 0.6) is 0 Å². The minimum atomic E-state index is -0.929. The summed E-state index contributed by atoms with van der Waals surface area (Å²) in [6.07, 6.45) is 0. The molecule has 0 aliphatic heterocycles. The van der Waals surface area contributed by atoms with Crippen molar-refractivity contribution in [2.45, 2.75) is 6.54 Å². The molecule has 0 unspecified atom stereocenters. The van der Waals surface area contributed by atoms with Crippen molar-refractivity contribution in [3.8, 4) is 0 Å². The summed E-state index contributed by atoms with van der Waals surface area (Å²) in [7, 11) is 0. The average Bonchev–Trinajstić information content (AvgIpc) is 2.79. The lowest BCUT2D eigenvalue weighted by molar-refractivity contribution is 0.0843. The van der Waals surface area contributed by atoms with Crippen LogP contribution < -0.4 is 16.4 Å². The molecule has 0 aliphatic carbocycles. The Morgan fingerprint density at radius 2 is 1.41 bits per heavy atom. The van der Waals surface area contributed by atoms with E-state index < -0.39 is 23.4 Å². The van der Waals surface area contributed by atoms with Gasteiger partial charge in [0.15, 0.2) is 5.69 Å². The molecule has 4 aromatic rings. The number of carbonyl (C=O) groups excluding carboxylic acids is 2. The third-order valence-electron chi connectivity index (χ3n) is 4.67. The van der Waals surface area contributed by atoms with Crippen molar-refractivity contribution in [1.29, 1.82) is 0 Å². The molecule has 0 aliphatic rings. The van der Waals surface area contributed by atoms with Crippen LogP contribution in [0, 0.1) is 11.6 Å². The first-order valence-corrected chi connectivity index (χ1v) is 9.53. The zero-order chi connectivity index (χ0) is 22.7. The van der Waals surface area contributed by atoms with Gasteiger partial charge in [0, 0.05) is 17.0 Å². The van der Waals surface area contributed by atoms with E-state index in [2.05, 4.69) is 16.0 Å². The summed E-state index contributed by atoms with van der Waals surface area (Å²) in [4.78, 5) is 37.8. The first kappa shape index (κ1) is 20.9. The van der Waals surface area contributed by atoms with Gasteiger partial charge in [0.25, 0.3) is 17.4 Å². The van der Waals surface area contributed by atoms with Crippen LogP contribution in [0.15, 0.2) is 77.6 Å². The fraction of sp³-hybridized carbons (Fsp3) is 0.0435. The Hall–Kier alpha value is -4.40. The molecular formula is C23H16F2N4O3. The van der Waals surface area contributed by atoms with E-state index in [1.54, 1.807) is 24.3 Å². The number of halogens is 2. The second kappa shape index (κ2) is 8.76. The number of amides is 2. The van der Waals surface area contributed by atoms with E-state index in [-0.39, 0.29) is 28.7 Å². The van der Waals surface area contributed by atoms with Gasteiger partial charge in [0.05, 0.1) is 11.9 Å². The third-order valence-corrected chi connectivity index (χ3v) is 4.67. The van der Waals surface area contributed by atoms with Gasteiger partial charge in [-0.25, -0.2) is 13.5 Å². The smallest absolute Gasteiger partial charge is 0.267 e. The van der Waals surface area contributed by atoms with Crippen LogP contribution >= 0.6 is 0 Å². The largest absolute Gasteiger partial charge is 0.290 e. The Kier molecular flexibility index (Phi) is 5.71. The van der Waals surface area contributed by atoms with Crippen LogP contribution in [0.25, 0.3) is 10.8 Å². The number of carbonyl (C=O) groups is 2. The highest BCUT2D eigenvalue weighted by Crippen LogP contribution is 2.14. The molecule has 0 spiro atoms. The maximum Gasteiger partial charge on any atom is 0.290 e. The normalized spacial score (nSPS) is 10.7. The van der Waals surface area contributed by atoms with Crippen molar-refractivity contribution < 1.29 is 18.4 Å². The van der Waals surface area contributed by atoms with E-state index in [4.69, 9.17) is 0 Å². The Morgan fingerprint density at radius 1 is 0.812 bits per heavy atom. The average molecular weight is 434 g/mol. The Labute approximate surface area is 180 Å². The molecule has 2 N–H and O–H groups in total. The van der Waals surface area contributed by atoms with E-state index >= 15 is 0 Å². The number of benzene rings is 3. The number of aromatic nitrogens is 2. The molecule has 1 aromatic heterocycles. The quantitative estimate of drug-likeness (QED) is 0.483. The zero-order valence-corrected chi connectivity index (χ0v) is 16.5. The van der Waals surface area contributed by atoms with E-state index in [1.165, 1.54) is 0 Å². The summed E-state index contributed by atoms with van der Waals surface area (Å²) in [6.45, 7) is 0.139. The lowest BCUT2D eigenvalue weighted by Gasteiger charge is -2.12. The second-order valence-corrected chi connectivity index (χ2v) is 6.91. The van der Waals surface area contributed by atoms with Gasteiger partial charge in [-0.2, -0.15) is 5.10 Å². The number of hydrazine groups is 1. The molecule has 2 amide bonds. The molecule has 32 heavy (non-hydrogen) atoms. The molecular weight excluding hydrogens is 418 g/mol. The molecule has 0 saturated heterocycles. The van der Waals surface area contributed by atoms with E-state index in [0.717, 1.165) is 22.4 Å². The summed E-state index contributed by atoms with van der Waals surface area (Å²) in [6, 6.07) is 17.9. The van der Waals surface area contributed by atoms with Gasteiger partial charge in [-0.3, -0.25) is 25.2 Å². The SMILES string of the molecule is O=C(NNC(=O)c1nn(Cc2ccccc2)c(=O)c2ccccc12)c1cc(F)cc(F)c1. The van der Waals surface area contributed by atoms with E-state index in [0.29, 0.717) is 11.5 Å². The van der Waals surface area contributed by atoms with Crippen LogP contribution in [0.4, 0.5) is 8.78 Å². The second-order valence-electron chi connectivity index (χ2n) is 6.91. The Bertz CT molecular complexity index is 1370. The number of nitrogens with one attached hydrogen (secondary N) is 2. The van der Waals surface area contributed by atoms with Crippen LogP contribution in [0.2, 0.25) is 0 Å². The first-order chi connectivity index (χ1) is 15.4. The molecule has 1 heterocycles. The third kappa shape index (κ3) is 4.36. The minimum absolute atomic E-state index is 0.0955. The van der Waals surface area contributed by atoms with E-state index in [9.17, 15) is 23.2 Å². The monoisotopic (exact) mass is 434 g/mol. The summed E-state index contributed by atoms with van der Waals surface area (Å²) in [5, 5.41) is 4.77. The highest BCUT2D eigenvalue weighted by molar-refractivity contribution is 6.06.